The van der Waals surface area contributed by atoms with E-state index in [1.165, 1.54) is 0 Å². The molecule has 0 saturated carbocycles. The molecule has 1 aromatic rings. The van der Waals surface area contributed by atoms with Gasteiger partial charge < -0.3 is 4.90 Å². The Morgan fingerprint density at radius 1 is 1.21 bits per heavy atom. The number of alkyl halides is 3. The van der Waals surface area contributed by atoms with Crippen LogP contribution in [0.1, 0.15) is 5.56 Å². The first-order valence-corrected chi connectivity index (χ1v) is 6.80. The summed E-state index contributed by atoms with van der Waals surface area (Å²) in [6, 6.07) is 11.4. The lowest BCUT2D eigenvalue weighted by Crippen LogP contribution is -2.43. The van der Waals surface area contributed by atoms with Gasteiger partial charge in [-0.25, -0.2) is 0 Å². The van der Waals surface area contributed by atoms with Crippen molar-refractivity contribution in [1.29, 1.82) is 5.26 Å². The predicted octanol–water partition coefficient (Wildman–Crippen LogP) is 4.20. The summed E-state index contributed by atoms with van der Waals surface area (Å²) in [5.74, 6) is 0. The largest absolute Gasteiger partial charge is 0.361 e. The van der Waals surface area contributed by atoms with Crippen molar-refractivity contribution in [2.24, 2.45) is 0 Å². The lowest BCUT2D eigenvalue weighted by molar-refractivity contribution is 0.302. The highest BCUT2D eigenvalue weighted by atomic mass is 35.6. The third kappa shape index (κ3) is 3.45. The number of hydrogen-bond acceptors (Lipinski definition) is 2. The Kier molecular flexibility index (Phi) is 4.42. The molecule has 0 fully saturated rings. The summed E-state index contributed by atoms with van der Waals surface area (Å²) in [5.41, 5.74) is 1.53. The molecular formula is C14H11Cl3N2. The van der Waals surface area contributed by atoms with Crippen molar-refractivity contribution in [3.8, 4) is 6.07 Å². The van der Waals surface area contributed by atoms with Crippen LogP contribution in [0, 0.1) is 11.3 Å². The van der Waals surface area contributed by atoms with E-state index in [4.69, 9.17) is 40.1 Å². The van der Waals surface area contributed by atoms with Crippen LogP contribution >= 0.6 is 34.8 Å². The molecule has 1 heterocycles. The molecule has 0 aliphatic carbocycles. The fraction of sp³-hybridized carbons (Fsp3) is 0.214. The van der Waals surface area contributed by atoms with E-state index in [2.05, 4.69) is 6.07 Å². The predicted molar refractivity (Wildman–Crippen MR) is 78.9 cm³/mol. The van der Waals surface area contributed by atoms with E-state index in [0.717, 1.165) is 5.56 Å². The summed E-state index contributed by atoms with van der Waals surface area (Å²) in [5, 5.41) is 9.15. The molecule has 0 saturated heterocycles. The van der Waals surface area contributed by atoms with Gasteiger partial charge in [0, 0.05) is 12.7 Å². The van der Waals surface area contributed by atoms with Crippen molar-refractivity contribution in [3.05, 3.63) is 59.8 Å². The summed E-state index contributed by atoms with van der Waals surface area (Å²) in [4.78, 5) is 1.86. The molecule has 1 aromatic carbocycles. The first kappa shape index (κ1) is 14.3. The standard InChI is InChI=1S/C14H11Cl3N2/c15-14(16,17)13-12(9-18)7-4-8-19(13)10-11-5-2-1-3-6-11/h1-8,13H,10H2. The molecule has 98 valence electrons. The Bertz CT molecular complexity index is 538. The maximum Gasteiger partial charge on any atom is 0.215 e. The van der Waals surface area contributed by atoms with Crippen molar-refractivity contribution in [1.82, 2.24) is 4.90 Å². The zero-order valence-electron chi connectivity index (χ0n) is 9.93. The van der Waals surface area contributed by atoms with Gasteiger partial charge in [0.1, 0.15) is 6.04 Å². The minimum atomic E-state index is -1.55. The van der Waals surface area contributed by atoms with Crippen LogP contribution in [0.5, 0.6) is 0 Å². The normalized spacial score (nSPS) is 18.9. The van der Waals surface area contributed by atoms with E-state index in [1.54, 1.807) is 12.2 Å². The van der Waals surface area contributed by atoms with Gasteiger partial charge in [-0.1, -0.05) is 65.1 Å². The molecule has 2 rings (SSSR count). The molecule has 0 aromatic heterocycles. The smallest absolute Gasteiger partial charge is 0.215 e. The van der Waals surface area contributed by atoms with Gasteiger partial charge >= 0.3 is 0 Å². The first-order valence-electron chi connectivity index (χ1n) is 5.67. The Morgan fingerprint density at radius 3 is 2.47 bits per heavy atom. The van der Waals surface area contributed by atoms with Gasteiger partial charge in [-0.15, -0.1) is 0 Å². The average molecular weight is 314 g/mol. The number of nitriles is 1. The van der Waals surface area contributed by atoms with Gasteiger partial charge in [-0.05, 0) is 17.7 Å². The van der Waals surface area contributed by atoms with Crippen LogP contribution < -0.4 is 0 Å². The van der Waals surface area contributed by atoms with Gasteiger partial charge in [0.05, 0.1) is 11.6 Å². The number of halogens is 3. The molecule has 1 aliphatic heterocycles. The van der Waals surface area contributed by atoms with E-state index in [0.29, 0.717) is 12.1 Å². The fourth-order valence-electron chi connectivity index (χ4n) is 2.01. The van der Waals surface area contributed by atoms with Crippen LogP contribution in [0.2, 0.25) is 0 Å². The lowest BCUT2D eigenvalue weighted by Gasteiger charge is -2.36. The topological polar surface area (TPSA) is 27.0 Å². The number of allylic oxidation sites excluding steroid dienone is 2. The second-order valence-corrected chi connectivity index (χ2v) is 6.55. The number of nitrogens with zero attached hydrogens (tertiary/aromatic N) is 2. The van der Waals surface area contributed by atoms with Gasteiger partial charge in [0.25, 0.3) is 0 Å². The van der Waals surface area contributed by atoms with Gasteiger partial charge in [-0.2, -0.15) is 5.26 Å². The van der Waals surface area contributed by atoms with Crippen LogP contribution in [0.3, 0.4) is 0 Å². The monoisotopic (exact) mass is 312 g/mol. The van der Waals surface area contributed by atoms with Crippen molar-refractivity contribution < 1.29 is 0 Å². The Balaban J connectivity index is 2.27. The van der Waals surface area contributed by atoms with Crippen LogP contribution in [-0.2, 0) is 6.54 Å². The Labute approximate surface area is 127 Å². The first-order chi connectivity index (χ1) is 9.02. The summed E-state index contributed by atoms with van der Waals surface area (Å²) >= 11 is 18.0. The molecule has 0 spiro atoms. The molecule has 1 unspecified atom stereocenters. The molecule has 0 radical (unpaired) electrons. The Hall–Kier alpha value is -1.14. The molecule has 0 bridgehead atoms. The average Bonchev–Trinajstić information content (AvgIpc) is 2.38. The van der Waals surface area contributed by atoms with Gasteiger partial charge in [-0.3, -0.25) is 0 Å². The molecule has 5 heteroatoms. The van der Waals surface area contributed by atoms with E-state index in [-0.39, 0.29) is 0 Å². The number of hydrogen-bond donors (Lipinski definition) is 0. The number of rotatable bonds is 2. The highest BCUT2D eigenvalue weighted by Gasteiger charge is 2.40. The van der Waals surface area contributed by atoms with Crippen LogP contribution in [0.4, 0.5) is 0 Å². The summed E-state index contributed by atoms with van der Waals surface area (Å²) in [6.07, 6.45) is 5.29. The maximum absolute atomic E-state index is 9.15. The minimum Gasteiger partial charge on any atom is -0.361 e. The highest BCUT2D eigenvalue weighted by Crippen LogP contribution is 2.39. The molecule has 1 aliphatic rings. The lowest BCUT2D eigenvalue weighted by atomic mass is 10.0. The molecule has 19 heavy (non-hydrogen) atoms. The fourth-order valence-corrected chi connectivity index (χ4v) is 2.74. The summed E-state index contributed by atoms with van der Waals surface area (Å²) < 4.78 is -1.55. The van der Waals surface area contributed by atoms with Crippen LogP contribution in [0.25, 0.3) is 0 Å². The van der Waals surface area contributed by atoms with E-state index >= 15 is 0 Å². The summed E-state index contributed by atoms with van der Waals surface area (Å²) in [7, 11) is 0. The van der Waals surface area contributed by atoms with Gasteiger partial charge in [0.15, 0.2) is 0 Å². The quantitative estimate of drug-likeness (QED) is 0.765. The zero-order valence-corrected chi connectivity index (χ0v) is 12.2. The van der Waals surface area contributed by atoms with Crippen molar-refractivity contribution in [2.45, 2.75) is 16.4 Å². The SMILES string of the molecule is N#CC1=CC=CN(Cc2ccccc2)C1C(Cl)(Cl)Cl. The molecular weight excluding hydrogens is 303 g/mol. The van der Waals surface area contributed by atoms with Crippen molar-refractivity contribution >= 4 is 34.8 Å². The number of benzene rings is 1. The Morgan fingerprint density at radius 2 is 1.89 bits per heavy atom. The third-order valence-corrected chi connectivity index (χ3v) is 3.45. The second-order valence-electron chi connectivity index (χ2n) is 4.18. The van der Waals surface area contributed by atoms with E-state index in [1.807, 2.05) is 41.4 Å². The molecule has 2 nitrogen and oxygen atoms in total. The summed E-state index contributed by atoms with van der Waals surface area (Å²) in [6.45, 7) is 0.578. The van der Waals surface area contributed by atoms with E-state index < -0.39 is 9.83 Å². The minimum absolute atomic E-state index is 0.443. The highest BCUT2D eigenvalue weighted by molar-refractivity contribution is 6.68. The molecule has 0 N–H and O–H groups in total. The van der Waals surface area contributed by atoms with E-state index in [9.17, 15) is 0 Å². The van der Waals surface area contributed by atoms with Crippen molar-refractivity contribution in [2.75, 3.05) is 0 Å². The molecule has 1 atom stereocenters. The van der Waals surface area contributed by atoms with Gasteiger partial charge in [0.2, 0.25) is 3.79 Å². The van der Waals surface area contributed by atoms with Crippen LogP contribution in [-0.4, -0.2) is 14.7 Å². The second kappa shape index (κ2) is 5.88. The molecule has 0 amide bonds. The zero-order chi connectivity index (χ0) is 13.9. The third-order valence-electron chi connectivity index (χ3n) is 2.83. The van der Waals surface area contributed by atoms with Crippen LogP contribution in [0.15, 0.2) is 54.3 Å². The maximum atomic E-state index is 9.15. The van der Waals surface area contributed by atoms with Crippen molar-refractivity contribution in [3.63, 3.8) is 0 Å².